The smallest absolute Gasteiger partial charge is 0.274 e. The predicted octanol–water partition coefficient (Wildman–Crippen LogP) is 2.37. The topological polar surface area (TPSA) is 68.3 Å². The quantitative estimate of drug-likeness (QED) is 0.542. The molecule has 1 aliphatic heterocycles. The summed E-state index contributed by atoms with van der Waals surface area (Å²) in [4.78, 5) is 19.1. The first-order valence-corrected chi connectivity index (χ1v) is 9.40. The van der Waals surface area contributed by atoms with Crippen molar-refractivity contribution in [1.29, 1.82) is 0 Å². The molecule has 4 aromatic rings. The number of rotatable bonds is 2. The van der Waals surface area contributed by atoms with Crippen LogP contribution < -0.4 is 0 Å². The largest absolute Gasteiger partial charge is 0.337 e. The van der Waals surface area contributed by atoms with Crippen molar-refractivity contribution in [2.75, 3.05) is 13.1 Å². The Morgan fingerprint density at radius 1 is 1.04 bits per heavy atom. The molecule has 0 bridgehead atoms. The van der Waals surface area contributed by atoms with Crippen LogP contribution in [0.25, 0.3) is 16.9 Å². The number of nitrogens with zero attached hydrogens (tertiary/aromatic N) is 6. The molecule has 7 heteroatoms. The van der Waals surface area contributed by atoms with Gasteiger partial charge in [-0.3, -0.25) is 9.48 Å². The van der Waals surface area contributed by atoms with Gasteiger partial charge in [-0.25, -0.2) is 9.50 Å². The first kappa shape index (κ1) is 16.7. The monoisotopic (exact) mass is 372 g/mol. The van der Waals surface area contributed by atoms with Crippen molar-refractivity contribution in [3.8, 4) is 11.3 Å². The third-order valence-electron chi connectivity index (χ3n) is 5.27. The van der Waals surface area contributed by atoms with Gasteiger partial charge < -0.3 is 4.90 Å². The second kappa shape index (κ2) is 6.60. The first-order chi connectivity index (χ1) is 13.7. The Morgan fingerprint density at radius 2 is 1.86 bits per heavy atom. The van der Waals surface area contributed by atoms with Gasteiger partial charge in [0.15, 0.2) is 11.3 Å². The van der Waals surface area contributed by atoms with E-state index >= 15 is 0 Å². The van der Waals surface area contributed by atoms with Crippen LogP contribution in [0.15, 0.2) is 54.9 Å². The third kappa shape index (κ3) is 2.76. The third-order valence-corrected chi connectivity index (χ3v) is 5.27. The highest BCUT2D eigenvalue weighted by Gasteiger charge is 2.26. The average Bonchev–Trinajstić information content (AvgIpc) is 3.23. The molecule has 0 fully saturated rings. The van der Waals surface area contributed by atoms with E-state index in [0.29, 0.717) is 24.4 Å². The van der Waals surface area contributed by atoms with E-state index in [-0.39, 0.29) is 5.91 Å². The number of amides is 1. The van der Waals surface area contributed by atoms with Gasteiger partial charge in [-0.05, 0) is 12.5 Å². The zero-order valence-electron chi connectivity index (χ0n) is 15.6. The summed E-state index contributed by atoms with van der Waals surface area (Å²) in [7, 11) is 1.99. The lowest BCUT2D eigenvalue weighted by molar-refractivity contribution is 0.0756. The maximum absolute atomic E-state index is 13.0. The fraction of sp³-hybridized carbons (Fsp3) is 0.238. The minimum atomic E-state index is -0.0544. The number of fused-ring (bicyclic) bond motifs is 2. The van der Waals surface area contributed by atoms with Crippen LogP contribution in [-0.2, 0) is 19.9 Å². The zero-order valence-corrected chi connectivity index (χ0v) is 15.6. The van der Waals surface area contributed by atoms with Crippen LogP contribution in [0.2, 0.25) is 0 Å². The molecule has 0 aliphatic carbocycles. The maximum Gasteiger partial charge on any atom is 0.274 e. The van der Waals surface area contributed by atoms with E-state index in [1.54, 1.807) is 29.0 Å². The second-order valence-corrected chi connectivity index (χ2v) is 7.01. The summed E-state index contributed by atoms with van der Waals surface area (Å²) < 4.78 is 3.60. The molecule has 4 heterocycles. The molecular weight excluding hydrogens is 352 g/mol. The summed E-state index contributed by atoms with van der Waals surface area (Å²) in [6.45, 7) is 1.29. The lowest BCUT2D eigenvalue weighted by Gasteiger charge is -2.19. The first-order valence-electron chi connectivity index (χ1n) is 9.40. The summed E-state index contributed by atoms with van der Waals surface area (Å²) in [6.07, 6.45) is 5.02. The number of carbonyl (C=O) groups excluding carboxylic acids is 1. The molecule has 3 aromatic heterocycles. The van der Waals surface area contributed by atoms with Crippen LogP contribution in [0.3, 0.4) is 0 Å². The standard InChI is InChI=1S/C21H20N6O/c1-25-20(15-6-3-2-4-7-15)16-8-12-26(13-9-17(16)23-25)21(28)18-14-19-22-10-5-11-27(19)24-18/h2-7,10-11,14H,8-9,12-13H2,1H3. The van der Waals surface area contributed by atoms with Gasteiger partial charge in [0.25, 0.3) is 5.91 Å². The Hall–Kier alpha value is -3.48. The summed E-state index contributed by atoms with van der Waals surface area (Å²) in [5.41, 5.74) is 5.72. The van der Waals surface area contributed by atoms with Gasteiger partial charge in [-0.2, -0.15) is 10.2 Å². The van der Waals surface area contributed by atoms with E-state index in [0.717, 1.165) is 29.8 Å². The van der Waals surface area contributed by atoms with Crippen molar-refractivity contribution in [3.05, 3.63) is 71.8 Å². The zero-order chi connectivity index (χ0) is 19.1. The Labute approximate surface area is 162 Å². The summed E-state index contributed by atoms with van der Waals surface area (Å²) in [6, 6.07) is 13.9. The van der Waals surface area contributed by atoms with Crippen LogP contribution in [-0.4, -0.2) is 48.3 Å². The van der Waals surface area contributed by atoms with E-state index in [2.05, 4.69) is 22.2 Å². The molecule has 28 heavy (non-hydrogen) atoms. The van der Waals surface area contributed by atoms with Gasteiger partial charge >= 0.3 is 0 Å². The highest BCUT2D eigenvalue weighted by atomic mass is 16.2. The molecule has 5 rings (SSSR count). The molecular formula is C21H20N6O. The van der Waals surface area contributed by atoms with Crippen LogP contribution in [0, 0.1) is 0 Å². The van der Waals surface area contributed by atoms with Crippen molar-refractivity contribution in [3.63, 3.8) is 0 Å². The molecule has 0 saturated carbocycles. The average molecular weight is 372 g/mol. The van der Waals surface area contributed by atoms with Crippen molar-refractivity contribution >= 4 is 11.6 Å². The minimum Gasteiger partial charge on any atom is -0.337 e. The number of hydrogen-bond acceptors (Lipinski definition) is 4. The molecule has 1 amide bonds. The lowest BCUT2D eigenvalue weighted by atomic mass is 10.0. The van der Waals surface area contributed by atoms with Gasteiger partial charge in [0.2, 0.25) is 0 Å². The Balaban J connectivity index is 1.42. The molecule has 0 radical (unpaired) electrons. The predicted molar refractivity (Wildman–Crippen MR) is 105 cm³/mol. The van der Waals surface area contributed by atoms with Crippen molar-refractivity contribution < 1.29 is 4.79 Å². The molecule has 140 valence electrons. The van der Waals surface area contributed by atoms with E-state index in [9.17, 15) is 4.79 Å². The number of hydrogen-bond donors (Lipinski definition) is 0. The second-order valence-electron chi connectivity index (χ2n) is 7.01. The van der Waals surface area contributed by atoms with E-state index < -0.39 is 0 Å². The lowest BCUT2D eigenvalue weighted by Crippen LogP contribution is -2.33. The molecule has 7 nitrogen and oxygen atoms in total. The van der Waals surface area contributed by atoms with Gasteiger partial charge in [0.05, 0.1) is 11.4 Å². The fourth-order valence-electron chi connectivity index (χ4n) is 3.94. The number of aryl methyl sites for hydroxylation is 1. The summed E-state index contributed by atoms with van der Waals surface area (Å²) in [5.74, 6) is -0.0544. The van der Waals surface area contributed by atoms with Crippen molar-refractivity contribution in [1.82, 2.24) is 29.3 Å². The highest BCUT2D eigenvalue weighted by Crippen LogP contribution is 2.28. The SMILES string of the molecule is Cn1nc2c(c1-c1ccccc1)CCN(C(=O)c1cc3ncccn3n1)CC2. The molecule has 0 unspecified atom stereocenters. The highest BCUT2D eigenvalue weighted by molar-refractivity contribution is 5.93. The van der Waals surface area contributed by atoms with E-state index in [1.165, 1.54) is 5.56 Å². The molecule has 1 aliphatic rings. The maximum atomic E-state index is 13.0. The molecule has 0 atom stereocenters. The summed E-state index contributed by atoms with van der Waals surface area (Å²) in [5, 5.41) is 9.12. The number of carbonyl (C=O) groups is 1. The molecule has 1 aromatic carbocycles. The molecule has 0 saturated heterocycles. The minimum absolute atomic E-state index is 0.0544. The van der Waals surface area contributed by atoms with Gasteiger partial charge in [-0.1, -0.05) is 30.3 Å². The Morgan fingerprint density at radius 3 is 2.68 bits per heavy atom. The van der Waals surface area contributed by atoms with E-state index in [4.69, 9.17) is 5.10 Å². The summed E-state index contributed by atoms with van der Waals surface area (Å²) >= 11 is 0. The van der Waals surface area contributed by atoms with Crippen LogP contribution in [0.1, 0.15) is 21.7 Å². The Bertz CT molecular complexity index is 1130. The number of aromatic nitrogens is 5. The van der Waals surface area contributed by atoms with Gasteiger partial charge in [0.1, 0.15) is 0 Å². The van der Waals surface area contributed by atoms with Crippen LogP contribution in [0.5, 0.6) is 0 Å². The van der Waals surface area contributed by atoms with Crippen LogP contribution in [0.4, 0.5) is 0 Å². The fourth-order valence-corrected chi connectivity index (χ4v) is 3.94. The molecule has 0 N–H and O–H groups in total. The Kier molecular flexibility index (Phi) is 3.93. The number of benzene rings is 1. The van der Waals surface area contributed by atoms with Crippen LogP contribution >= 0.6 is 0 Å². The molecule has 0 spiro atoms. The van der Waals surface area contributed by atoms with Crippen molar-refractivity contribution in [2.24, 2.45) is 7.05 Å². The van der Waals surface area contributed by atoms with E-state index in [1.807, 2.05) is 34.8 Å². The normalized spacial score (nSPS) is 14.1. The van der Waals surface area contributed by atoms with Crippen molar-refractivity contribution in [2.45, 2.75) is 12.8 Å². The van der Waals surface area contributed by atoms with Gasteiger partial charge in [0, 0.05) is 56.1 Å². The van der Waals surface area contributed by atoms with Gasteiger partial charge in [-0.15, -0.1) is 0 Å².